The monoisotopic (exact) mass is 433 g/mol. The first-order valence-electron chi connectivity index (χ1n) is 11.4. The Kier molecular flexibility index (Phi) is 4.78. The highest BCUT2D eigenvalue weighted by molar-refractivity contribution is 7.99. The van der Waals surface area contributed by atoms with Gasteiger partial charge in [-0.2, -0.15) is 0 Å². The van der Waals surface area contributed by atoms with E-state index in [1.165, 1.54) is 31.0 Å². The van der Waals surface area contributed by atoms with Gasteiger partial charge in [0.15, 0.2) is 11.0 Å². The molecule has 0 unspecified atom stereocenters. The first kappa shape index (κ1) is 19.4. The minimum atomic E-state index is -0.0597. The Balaban J connectivity index is 1.24. The molecule has 5 nitrogen and oxygen atoms in total. The lowest BCUT2D eigenvalue weighted by Crippen LogP contribution is -2.50. The van der Waals surface area contributed by atoms with Crippen LogP contribution in [0.15, 0.2) is 58.3 Å². The van der Waals surface area contributed by atoms with Gasteiger partial charge in [0.2, 0.25) is 0 Å². The average molecular weight is 434 g/mol. The maximum atomic E-state index is 13.5. The predicted octanol–water partition coefficient (Wildman–Crippen LogP) is 5.46. The number of carbonyl (C=O) groups excluding carboxylic acids is 1. The molecule has 0 amide bonds. The lowest BCUT2D eigenvalue weighted by Gasteiger charge is -2.56. The summed E-state index contributed by atoms with van der Waals surface area (Å²) < 4.78 is 7.67. The number of nitrogens with zero attached hydrogens (tertiary/aromatic N) is 3. The molecule has 3 aromatic rings. The molecule has 1 aromatic carbocycles. The van der Waals surface area contributed by atoms with E-state index in [0.29, 0.717) is 18.1 Å². The second kappa shape index (κ2) is 7.66. The van der Waals surface area contributed by atoms with Crippen molar-refractivity contribution in [3.8, 4) is 11.4 Å². The third kappa shape index (κ3) is 3.55. The molecule has 0 spiro atoms. The van der Waals surface area contributed by atoms with E-state index in [4.69, 9.17) is 4.42 Å². The normalized spacial score (nSPS) is 28.8. The molecule has 31 heavy (non-hydrogen) atoms. The number of Topliss-reactive ketones (excluding diaryl/α,β-unsaturated/α-hetero) is 1. The van der Waals surface area contributed by atoms with Crippen LogP contribution in [0, 0.1) is 23.2 Å². The fourth-order valence-electron chi connectivity index (χ4n) is 6.63. The lowest BCUT2D eigenvalue weighted by molar-refractivity contribution is -0.141. The molecule has 160 valence electrons. The van der Waals surface area contributed by atoms with E-state index in [0.717, 1.165) is 59.3 Å². The van der Waals surface area contributed by atoms with Crippen molar-refractivity contribution in [2.45, 2.75) is 50.2 Å². The van der Waals surface area contributed by atoms with Crippen molar-refractivity contribution in [1.29, 1.82) is 0 Å². The maximum Gasteiger partial charge on any atom is 0.192 e. The number of carbonyl (C=O) groups is 1. The minimum Gasteiger partial charge on any atom is -0.467 e. The minimum absolute atomic E-state index is 0.0597. The molecule has 2 aromatic heterocycles. The Hall–Kier alpha value is -2.34. The lowest BCUT2D eigenvalue weighted by atomic mass is 9.48. The maximum absolute atomic E-state index is 13.5. The quantitative estimate of drug-likeness (QED) is 0.463. The van der Waals surface area contributed by atoms with Crippen LogP contribution >= 0.6 is 11.8 Å². The van der Waals surface area contributed by atoms with Crippen molar-refractivity contribution in [2.75, 3.05) is 5.75 Å². The molecule has 4 bridgehead atoms. The molecule has 0 aliphatic heterocycles. The van der Waals surface area contributed by atoms with Crippen LogP contribution in [0.4, 0.5) is 0 Å². The zero-order chi connectivity index (χ0) is 20.8. The summed E-state index contributed by atoms with van der Waals surface area (Å²) in [5.41, 5.74) is 0.955. The van der Waals surface area contributed by atoms with Gasteiger partial charge in [-0.1, -0.05) is 42.1 Å². The topological polar surface area (TPSA) is 60.9 Å². The van der Waals surface area contributed by atoms with Gasteiger partial charge >= 0.3 is 0 Å². The van der Waals surface area contributed by atoms with E-state index in [9.17, 15) is 4.79 Å². The molecule has 0 atom stereocenters. The fourth-order valence-corrected chi connectivity index (χ4v) is 7.60. The van der Waals surface area contributed by atoms with Gasteiger partial charge in [-0.15, -0.1) is 10.2 Å². The first-order chi connectivity index (χ1) is 15.2. The van der Waals surface area contributed by atoms with E-state index in [-0.39, 0.29) is 5.41 Å². The zero-order valence-electron chi connectivity index (χ0n) is 17.6. The highest BCUT2D eigenvalue weighted by atomic mass is 32.2. The predicted molar refractivity (Wildman–Crippen MR) is 120 cm³/mol. The van der Waals surface area contributed by atoms with E-state index >= 15 is 0 Å². The van der Waals surface area contributed by atoms with Gasteiger partial charge in [0.25, 0.3) is 0 Å². The molecule has 0 N–H and O–H groups in total. The summed E-state index contributed by atoms with van der Waals surface area (Å²) in [7, 11) is 0. The number of aromatic nitrogens is 3. The number of thioether (sulfide) groups is 1. The molecule has 4 aliphatic rings. The molecule has 6 heteroatoms. The average Bonchev–Trinajstić information content (AvgIpc) is 3.42. The largest absolute Gasteiger partial charge is 0.467 e. The van der Waals surface area contributed by atoms with Gasteiger partial charge in [0, 0.05) is 11.0 Å². The Morgan fingerprint density at radius 3 is 2.35 bits per heavy atom. The van der Waals surface area contributed by atoms with Crippen LogP contribution in [-0.4, -0.2) is 26.3 Å². The summed E-state index contributed by atoms with van der Waals surface area (Å²) in [5.74, 6) is 4.93. The number of ketones is 1. The van der Waals surface area contributed by atoms with Crippen molar-refractivity contribution in [3.63, 3.8) is 0 Å². The molecule has 7 rings (SSSR count). The number of hydrogen-bond acceptors (Lipinski definition) is 5. The molecule has 0 saturated heterocycles. The van der Waals surface area contributed by atoms with Gasteiger partial charge in [-0.25, -0.2) is 0 Å². The number of furan rings is 1. The molecule has 4 saturated carbocycles. The third-order valence-corrected chi connectivity index (χ3v) is 8.57. The Bertz CT molecular complexity index is 1040. The van der Waals surface area contributed by atoms with E-state index in [1.54, 1.807) is 6.26 Å². The van der Waals surface area contributed by atoms with Gasteiger partial charge in [0.05, 0.1) is 18.6 Å². The molecular formula is C25H27N3O2S. The molecule has 2 heterocycles. The van der Waals surface area contributed by atoms with E-state index in [2.05, 4.69) is 14.8 Å². The van der Waals surface area contributed by atoms with Crippen molar-refractivity contribution in [1.82, 2.24) is 14.8 Å². The van der Waals surface area contributed by atoms with E-state index < -0.39 is 0 Å². The van der Waals surface area contributed by atoms with Crippen LogP contribution in [0.2, 0.25) is 0 Å². The van der Waals surface area contributed by atoms with Gasteiger partial charge < -0.3 is 4.42 Å². The SMILES string of the molecule is O=C(CSc1nnc(-c2ccccc2)n1Cc1ccco1)C12CC3CC(CC(C3)C1)C2. The summed E-state index contributed by atoms with van der Waals surface area (Å²) in [5, 5.41) is 9.74. The second-order valence-electron chi connectivity index (χ2n) is 9.75. The van der Waals surface area contributed by atoms with Crippen molar-refractivity contribution < 1.29 is 9.21 Å². The zero-order valence-corrected chi connectivity index (χ0v) is 18.4. The van der Waals surface area contributed by atoms with Crippen molar-refractivity contribution >= 4 is 17.5 Å². The summed E-state index contributed by atoms with van der Waals surface area (Å²) in [6.07, 6.45) is 9.12. The molecule has 4 fully saturated rings. The highest BCUT2D eigenvalue weighted by Gasteiger charge is 2.54. The molecule has 0 radical (unpaired) electrons. The fraction of sp³-hybridized carbons (Fsp3) is 0.480. The third-order valence-electron chi connectivity index (χ3n) is 7.60. The highest BCUT2D eigenvalue weighted by Crippen LogP contribution is 2.60. The van der Waals surface area contributed by atoms with Crippen molar-refractivity contribution in [2.24, 2.45) is 23.2 Å². The number of benzene rings is 1. The summed E-state index contributed by atoms with van der Waals surface area (Å²) in [6, 6.07) is 13.9. The Labute approximate surface area is 186 Å². The van der Waals surface area contributed by atoms with Crippen LogP contribution in [0.5, 0.6) is 0 Å². The summed E-state index contributed by atoms with van der Waals surface area (Å²) >= 11 is 1.54. The van der Waals surface area contributed by atoms with Crippen molar-refractivity contribution in [3.05, 3.63) is 54.5 Å². The summed E-state index contributed by atoms with van der Waals surface area (Å²) in [4.78, 5) is 13.5. The Morgan fingerprint density at radius 2 is 1.71 bits per heavy atom. The van der Waals surface area contributed by atoms with Gasteiger partial charge in [0.1, 0.15) is 11.5 Å². The first-order valence-corrected chi connectivity index (χ1v) is 12.3. The van der Waals surface area contributed by atoms with E-state index in [1.807, 2.05) is 42.5 Å². The van der Waals surface area contributed by atoms with Gasteiger partial charge in [-0.05, 0) is 68.4 Å². The van der Waals surface area contributed by atoms with Crippen LogP contribution < -0.4 is 0 Å². The smallest absolute Gasteiger partial charge is 0.192 e. The molecular weight excluding hydrogens is 406 g/mol. The van der Waals surface area contributed by atoms with Crippen LogP contribution in [0.1, 0.15) is 44.3 Å². The number of hydrogen-bond donors (Lipinski definition) is 0. The second-order valence-corrected chi connectivity index (χ2v) is 10.7. The van der Waals surface area contributed by atoms with Gasteiger partial charge in [-0.3, -0.25) is 9.36 Å². The number of rotatable bonds is 7. The Morgan fingerprint density at radius 1 is 1.00 bits per heavy atom. The van der Waals surface area contributed by atoms with Crippen LogP contribution in [-0.2, 0) is 11.3 Å². The van der Waals surface area contributed by atoms with Crippen LogP contribution in [0.25, 0.3) is 11.4 Å². The van der Waals surface area contributed by atoms with Crippen LogP contribution in [0.3, 0.4) is 0 Å². The molecule has 4 aliphatic carbocycles. The summed E-state index contributed by atoms with van der Waals surface area (Å²) in [6.45, 7) is 0.554. The standard InChI is InChI=1S/C25H27N3O2S/c29-22(25-12-17-9-18(13-25)11-19(10-17)14-25)16-31-24-27-26-23(20-5-2-1-3-6-20)28(24)15-21-7-4-8-30-21/h1-8,17-19H,9-16H2.